The van der Waals surface area contributed by atoms with Gasteiger partial charge in [0.05, 0.1) is 0 Å². The van der Waals surface area contributed by atoms with Gasteiger partial charge >= 0.3 is 0 Å². The lowest BCUT2D eigenvalue weighted by atomic mass is 10.0. The normalized spacial score (nSPS) is 20.4. The van der Waals surface area contributed by atoms with Crippen molar-refractivity contribution in [2.24, 2.45) is 0 Å². The highest BCUT2D eigenvalue weighted by Crippen LogP contribution is 2.37. The molecule has 1 aliphatic heterocycles. The zero-order valence-corrected chi connectivity index (χ0v) is 12.1. The molecule has 3 rings (SSSR count). The molecule has 1 N–H and O–H groups in total. The Balaban J connectivity index is 1.78. The molecule has 0 saturated heterocycles. The maximum absolute atomic E-state index is 3.77. The minimum atomic E-state index is 0.428. The summed E-state index contributed by atoms with van der Waals surface area (Å²) >= 11 is 3.75. The molecule has 0 fully saturated rings. The number of nitrogens with one attached hydrogen (secondary N) is 1. The largest absolute Gasteiger partial charge is 0.303 e. The Bertz CT molecular complexity index is 507. The van der Waals surface area contributed by atoms with Crippen molar-refractivity contribution in [1.82, 2.24) is 5.32 Å². The number of thiophene rings is 1. The average molecular weight is 275 g/mol. The van der Waals surface area contributed by atoms with Gasteiger partial charge in [0, 0.05) is 17.0 Å². The monoisotopic (exact) mass is 275 g/mol. The first-order valence-corrected chi connectivity index (χ1v) is 8.27. The Labute approximate surface area is 117 Å². The molecular formula is C15H17NS2. The second kappa shape index (κ2) is 5.47. The van der Waals surface area contributed by atoms with Crippen LogP contribution in [0.1, 0.15) is 36.6 Å². The predicted molar refractivity (Wildman–Crippen MR) is 80.4 cm³/mol. The van der Waals surface area contributed by atoms with E-state index in [1.165, 1.54) is 28.2 Å². The van der Waals surface area contributed by atoms with Gasteiger partial charge in [-0.15, -0.1) is 11.8 Å². The van der Waals surface area contributed by atoms with Crippen LogP contribution in [-0.4, -0.2) is 5.75 Å². The van der Waals surface area contributed by atoms with Crippen LogP contribution in [0.2, 0.25) is 0 Å². The summed E-state index contributed by atoms with van der Waals surface area (Å²) < 4.78 is 0. The highest BCUT2D eigenvalue weighted by atomic mass is 32.2. The molecule has 2 heterocycles. The maximum Gasteiger partial charge on any atom is 0.0344 e. The fourth-order valence-corrected chi connectivity index (χ4v) is 4.31. The SMILES string of the molecule is CC(NC1CCSc2ccccc21)c1ccsc1. The predicted octanol–water partition coefficient (Wildman–Crippen LogP) is 4.64. The third kappa shape index (κ3) is 2.48. The fraction of sp³-hybridized carbons (Fsp3) is 0.333. The van der Waals surface area contributed by atoms with Crippen molar-refractivity contribution in [3.8, 4) is 0 Å². The molecule has 3 heteroatoms. The van der Waals surface area contributed by atoms with E-state index in [2.05, 4.69) is 53.3 Å². The zero-order chi connectivity index (χ0) is 12.4. The lowest BCUT2D eigenvalue weighted by Gasteiger charge is -2.28. The molecule has 1 aliphatic rings. The van der Waals surface area contributed by atoms with Crippen LogP contribution in [0, 0.1) is 0 Å². The van der Waals surface area contributed by atoms with Gasteiger partial charge in [-0.25, -0.2) is 0 Å². The van der Waals surface area contributed by atoms with Crippen molar-refractivity contribution >= 4 is 23.1 Å². The Morgan fingerprint density at radius 3 is 3.00 bits per heavy atom. The molecule has 1 aromatic heterocycles. The van der Waals surface area contributed by atoms with Gasteiger partial charge < -0.3 is 5.32 Å². The summed E-state index contributed by atoms with van der Waals surface area (Å²) in [4.78, 5) is 1.44. The molecule has 0 spiro atoms. The van der Waals surface area contributed by atoms with Gasteiger partial charge in [0.2, 0.25) is 0 Å². The molecule has 0 aliphatic carbocycles. The van der Waals surface area contributed by atoms with Gasteiger partial charge in [-0.05, 0) is 53.1 Å². The first-order chi connectivity index (χ1) is 8.84. The molecule has 0 radical (unpaired) electrons. The number of fused-ring (bicyclic) bond motifs is 1. The van der Waals surface area contributed by atoms with Crippen LogP contribution in [0.3, 0.4) is 0 Å². The number of hydrogen-bond acceptors (Lipinski definition) is 3. The highest BCUT2D eigenvalue weighted by molar-refractivity contribution is 7.99. The van der Waals surface area contributed by atoms with Gasteiger partial charge in [-0.3, -0.25) is 0 Å². The second-order valence-electron chi connectivity index (χ2n) is 4.67. The van der Waals surface area contributed by atoms with Crippen molar-refractivity contribution in [3.05, 3.63) is 52.2 Å². The van der Waals surface area contributed by atoms with E-state index in [9.17, 15) is 0 Å². The lowest BCUT2D eigenvalue weighted by Crippen LogP contribution is -2.27. The van der Waals surface area contributed by atoms with E-state index in [1.807, 2.05) is 11.8 Å². The molecule has 2 aromatic rings. The van der Waals surface area contributed by atoms with Crippen molar-refractivity contribution in [2.75, 3.05) is 5.75 Å². The van der Waals surface area contributed by atoms with Crippen molar-refractivity contribution in [3.63, 3.8) is 0 Å². The Kier molecular flexibility index (Phi) is 3.73. The van der Waals surface area contributed by atoms with E-state index in [0.29, 0.717) is 12.1 Å². The third-order valence-electron chi connectivity index (χ3n) is 3.45. The lowest BCUT2D eigenvalue weighted by molar-refractivity contribution is 0.451. The number of hydrogen-bond donors (Lipinski definition) is 1. The Hall–Kier alpha value is -0.770. The van der Waals surface area contributed by atoms with Crippen LogP contribution in [0.25, 0.3) is 0 Å². The summed E-state index contributed by atoms with van der Waals surface area (Å²) in [5, 5.41) is 8.16. The van der Waals surface area contributed by atoms with Crippen LogP contribution < -0.4 is 5.32 Å². The van der Waals surface area contributed by atoms with Crippen molar-refractivity contribution in [1.29, 1.82) is 0 Å². The first kappa shape index (κ1) is 12.3. The van der Waals surface area contributed by atoms with Crippen LogP contribution in [0.5, 0.6) is 0 Å². The summed E-state index contributed by atoms with van der Waals surface area (Å²) in [6.07, 6.45) is 1.22. The standard InChI is InChI=1S/C15H17NS2/c1-11(12-6-8-17-10-12)16-14-7-9-18-15-5-3-2-4-13(14)15/h2-6,8,10-11,14,16H,7,9H2,1H3. The zero-order valence-electron chi connectivity index (χ0n) is 10.4. The molecule has 0 amide bonds. The Morgan fingerprint density at radius 1 is 1.28 bits per heavy atom. The van der Waals surface area contributed by atoms with E-state index in [-0.39, 0.29) is 0 Å². The summed E-state index contributed by atoms with van der Waals surface area (Å²) in [6, 6.07) is 11.9. The third-order valence-corrected chi connectivity index (χ3v) is 5.28. The van der Waals surface area contributed by atoms with Gasteiger partial charge in [-0.1, -0.05) is 18.2 Å². The molecule has 0 saturated carbocycles. The van der Waals surface area contributed by atoms with E-state index in [0.717, 1.165) is 0 Å². The smallest absolute Gasteiger partial charge is 0.0344 e. The molecule has 1 aromatic carbocycles. The first-order valence-electron chi connectivity index (χ1n) is 6.34. The van der Waals surface area contributed by atoms with Gasteiger partial charge in [-0.2, -0.15) is 11.3 Å². The topological polar surface area (TPSA) is 12.0 Å². The molecule has 94 valence electrons. The number of rotatable bonds is 3. The van der Waals surface area contributed by atoms with Gasteiger partial charge in [0.1, 0.15) is 0 Å². The summed E-state index contributed by atoms with van der Waals surface area (Å²) in [5.74, 6) is 1.21. The summed E-state index contributed by atoms with van der Waals surface area (Å²) in [6.45, 7) is 2.26. The second-order valence-corrected chi connectivity index (χ2v) is 6.59. The van der Waals surface area contributed by atoms with Crippen molar-refractivity contribution < 1.29 is 0 Å². The molecule has 0 bridgehead atoms. The average Bonchev–Trinajstić information content (AvgIpc) is 2.93. The van der Waals surface area contributed by atoms with Gasteiger partial charge in [0.25, 0.3) is 0 Å². The summed E-state index contributed by atoms with van der Waals surface area (Å²) in [5.41, 5.74) is 2.87. The van der Waals surface area contributed by atoms with E-state index >= 15 is 0 Å². The summed E-state index contributed by atoms with van der Waals surface area (Å²) in [7, 11) is 0. The van der Waals surface area contributed by atoms with Crippen LogP contribution >= 0.6 is 23.1 Å². The van der Waals surface area contributed by atoms with E-state index in [1.54, 1.807) is 11.3 Å². The molecular weight excluding hydrogens is 258 g/mol. The quantitative estimate of drug-likeness (QED) is 0.876. The van der Waals surface area contributed by atoms with Crippen LogP contribution in [0.4, 0.5) is 0 Å². The highest BCUT2D eigenvalue weighted by Gasteiger charge is 2.21. The van der Waals surface area contributed by atoms with Crippen molar-refractivity contribution in [2.45, 2.75) is 30.3 Å². The molecule has 18 heavy (non-hydrogen) atoms. The number of thioether (sulfide) groups is 1. The van der Waals surface area contributed by atoms with E-state index < -0.39 is 0 Å². The van der Waals surface area contributed by atoms with Gasteiger partial charge in [0.15, 0.2) is 0 Å². The van der Waals surface area contributed by atoms with Crippen LogP contribution in [-0.2, 0) is 0 Å². The van der Waals surface area contributed by atoms with Crippen LogP contribution in [0.15, 0.2) is 46.0 Å². The molecule has 2 atom stereocenters. The minimum Gasteiger partial charge on any atom is -0.303 e. The minimum absolute atomic E-state index is 0.428. The fourth-order valence-electron chi connectivity index (χ4n) is 2.43. The maximum atomic E-state index is 3.77. The van der Waals surface area contributed by atoms with E-state index in [4.69, 9.17) is 0 Å². The Morgan fingerprint density at radius 2 is 2.17 bits per heavy atom. The molecule has 2 unspecified atom stereocenters. The molecule has 1 nitrogen and oxygen atoms in total. The number of benzene rings is 1.